The Morgan fingerprint density at radius 2 is 2.08 bits per heavy atom. The Morgan fingerprint density at radius 1 is 1.36 bits per heavy atom. The summed E-state index contributed by atoms with van der Waals surface area (Å²) in [7, 11) is 1.66. The van der Waals surface area contributed by atoms with Gasteiger partial charge in [0.05, 0.1) is 13.3 Å². The van der Waals surface area contributed by atoms with E-state index in [-0.39, 0.29) is 11.9 Å². The number of aryl methyl sites for hydroxylation is 2. The van der Waals surface area contributed by atoms with E-state index in [1.807, 2.05) is 53.2 Å². The van der Waals surface area contributed by atoms with Crippen molar-refractivity contribution < 1.29 is 9.53 Å². The van der Waals surface area contributed by atoms with E-state index >= 15 is 0 Å². The molecule has 0 saturated heterocycles. The van der Waals surface area contributed by atoms with Crippen molar-refractivity contribution in [1.29, 1.82) is 0 Å². The van der Waals surface area contributed by atoms with Crippen LogP contribution < -0.4 is 4.74 Å². The minimum atomic E-state index is 0.198. The Labute approximate surface area is 149 Å². The largest absolute Gasteiger partial charge is 0.497 e. The molecule has 0 N–H and O–H groups in total. The highest BCUT2D eigenvalue weighted by atomic mass is 16.5. The molecular formula is C20H27N3O2. The lowest BCUT2D eigenvalue weighted by Crippen LogP contribution is -2.39. The Morgan fingerprint density at radius 3 is 2.64 bits per heavy atom. The van der Waals surface area contributed by atoms with Crippen LogP contribution in [0.5, 0.6) is 5.75 Å². The summed E-state index contributed by atoms with van der Waals surface area (Å²) in [5.41, 5.74) is 2.26. The molecule has 1 aliphatic rings. The first-order valence-electron chi connectivity index (χ1n) is 8.98. The van der Waals surface area contributed by atoms with E-state index in [1.165, 1.54) is 12.8 Å². The second kappa shape index (κ2) is 7.72. The zero-order valence-corrected chi connectivity index (χ0v) is 15.3. The van der Waals surface area contributed by atoms with Crippen molar-refractivity contribution in [1.82, 2.24) is 14.7 Å². The fourth-order valence-corrected chi connectivity index (χ4v) is 3.16. The molecule has 1 amide bonds. The van der Waals surface area contributed by atoms with Crippen LogP contribution in [0.4, 0.5) is 0 Å². The lowest BCUT2D eigenvalue weighted by atomic mass is 10.1. The van der Waals surface area contributed by atoms with Crippen molar-refractivity contribution in [3.8, 4) is 5.75 Å². The number of amides is 1. The Kier molecular flexibility index (Phi) is 5.41. The van der Waals surface area contributed by atoms with Crippen LogP contribution in [0.25, 0.3) is 0 Å². The molecule has 0 bridgehead atoms. The molecule has 134 valence electrons. The number of carbonyl (C=O) groups is 1. The number of rotatable bonds is 8. The quantitative estimate of drug-likeness (QED) is 0.739. The van der Waals surface area contributed by atoms with E-state index < -0.39 is 0 Å². The normalized spacial score (nSPS) is 15.0. The van der Waals surface area contributed by atoms with Crippen LogP contribution in [0.1, 0.15) is 37.3 Å². The molecule has 1 atom stereocenters. The number of nitrogens with zero attached hydrogens (tertiary/aromatic N) is 3. The maximum absolute atomic E-state index is 12.9. The Hall–Kier alpha value is -2.30. The third-order valence-electron chi connectivity index (χ3n) is 4.95. The zero-order chi connectivity index (χ0) is 17.8. The van der Waals surface area contributed by atoms with Crippen LogP contribution in [-0.4, -0.2) is 33.7 Å². The lowest BCUT2D eigenvalue weighted by molar-refractivity contribution is -0.134. The van der Waals surface area contributed by atoms with Crippen LogP contribution in [0.15, 0.2) is 36.7 Å². The first-order valence-corrected chi connectivity index (χ1v) is 8.98. The summed E-state index contributed by atoms with van der Waals surface area (Å²) in [5, 5.41) is 4.27. The molecule has 1 unspecified atom stereocenters. The SMILES string of the molecule is COc1ccc(CN(C(=O)CCn2cc(C)cn2)C(C)C2CC2)cc1. The lowest BCUT2D eigenvalue weighted by Gasteiger charge is -2.30. The number of hydrogen-bond donors (Lipinski definition) is 0. The van der Waals surface area contributed by atoms with Crippen LogP contribution in [-0.2, 0) is 17.9 Å². The molecule has 1 saturated carbocycles. The van der Waals surface area contributed by atoms with Crippen LogP contribution in [0, 0.1) is 12.8 Å². The molecule has 1 heterocycles. The van der Waals surface area contributed by atoms with Crippen molar-refractivity contribution >= 4 is 5.91 Å². The molecule has 0 aliphatic heterocycles. The van der Waals surface area contributed by atoms with Gasteiger partial charge < -0.3 is 9.64 Å². The summed E-state index contributed by atoms with van der Waals surface area (Å²) < 4.78 is 7.06. The number of carbonyl (C=O) groups excluding carboxylic acids is 1. The average Bonchev–Trinajstić information content (AvgIpc) is 3.39. The molecule has 0 radical (unpaired) electrons. The van der Waals surface area contributed by atoms with E-state index in [0.717, 1.165) is 16.9 Å². The van der Waals surface area contributed by atoms with Gasteiger partial charge in [-0.3, -0.25) is 9.48 Å². The molecule has 25 heavy (non-hydrogen) atoms. The van der Waals surface area contributed by atoms with E-state index in [0.29, 0.717) is 25.4 Å². The van der Waals surface area contributed by atoms with Gasteiger partial charge in [-0.25, -0.2) is 0 Å². The molecule has 0 spiro atoms. The summed E-state index contributed by atoms with van der Waals surface area (Å²) in [6.07, 6.45) is 6.74. The number of methoxy groups -OCH3 is 1. The molecule has 5 heteroatoms. The summed E-state index contributed by atoms with van der Waals surface area (Å²) in [6, 6.07) is 8.26. The topological polar surface area (TPSA) is 47.4 Å². The monoisotopic (exact) mass is 341 g/mol. The Balaban J connectivity index is 1.66. The van der Waals surface area contributed by atoms with Crippen molar-refractivity contribution in [2.45, 2.75) is 52.2 Å². The van der Waals surface area contributed by atoms with Gasteiger partial charge in [0, 0.05) is 31.7 Å². The third-order valence-corrected chi connectivity index (χ3v) is 4.95. The van der Waals surface area contributed by atoms with E-state index in [1.54, 1.807) is 7.11 Å². The molecule has 1 aromatic carbocycles. The number of aromatic nitrogens is 2. The summed E-state index contributed by atoms with van der Waals surface area (Å²) in [6.45, 7) is 5.47. The minimum Gasteiger partial charge on any atom is -0.497 e. The maximum Gasteiger partial charge on any atom is 0.224 e. The first kappa shape index (κ1) is 17.5. The standard InChI is InChI=1S/C20H27N3O2/c1-15-12-21-22(13-15)11-10-20(24)23(16(2)18-6-7-18)14-17-4-8-19(25-3)9-5-17/h4-5,8-9,12-13,16,18H,6-7,10-11,14H2,1-3H3. The first-order chi connectivity index (χ1) is 12.1. The van der Waals surface area contributed by atoms with Crippen molar-refractivity contribution in [3.63, 3.8) is 0 Å². The maximum atomic E-state index is 12.9. The van der Waals surface area contributed by atoms with Gasteiger partial charge in [-0.15, -0.1) is 0 Å². The molecule has 3 rings (SSSR count). The molecule has 5 nitrogen and oxygen atoms in total. The molecule has 1 fully saturated rings. The number of benzene rings is 1. The highest BCUT2D eigenvalue weighted by molar-refractivity contribution is 5.76. The van der Waals surface area contributed by atoms with E-state index in [2.05, 4.69) is 12.0 Å². The average molecular weight is 341 g/mol. The van der Waals surface area contributed by atoms with Crippen molar-refractivity contribution in [2.75, 3.05) is 7.11 Å². The van der Waals surface area contributed by atoms with Crippen LogP contribution >= 0.6 is 0 Å². The van der Waals surface area contributed by atoms with E-state index in [4.69, 9.17) is 4.74 Å². The van der Waals surface area contributed by atoms with Crippen molar-refractivity contribution in [3.05, 3.63) is 47.8 Å². The van der Waals surface area contributed by atoms with Crippen molar-refractivity contribution in [2.24, 2.45) is 5.92 Å². The fourth-order valence-electron chi connectivity index (χ4n) is 3.16. The summed E-state index contributed by atoms with van der Waals surface area (Å²) >= 11 is 0. The van der Waals surface area contributed by atoms with Gasteiger partial charge in [-0.1, -0.05) is 12.1 Å². The van der Waals surface area contributed by atoms with Gasteiger partial charge in [0.2, 0.25) is 5.91 Å². The predicted molar refractivity (Wildman–Crippen MR) is 97.3 cm³/mol. The van der Waals surface area contributed by atoms with Gasteiger partial charge in [-0.2, -0.15) is 5.10 Å². The highest BCUT2D eigenvalue weighted by Crippen LogP contribution is 2.36. The zero-order valence-electron chi connectivity index (χ0n) is 15.3. The summed E-state index contributed by atoms with van der Waals surface area (Å²) in [5.74, 6) is 1.68. The summed E-state index contributed by atoms with van der Waals surface area (Å²) in [4.78, 5) is 14.9. The second-order valence-corrected chi connectivity index (χ2v) is 6.98. The van der Waals surface area contributed by atoms with Gasteiger partial charge in [0.15, 0.2) is 0 Å². The number of hydrogen-bond acceptors (Lipinski definition) is 3. The number of ether oxygens (including phenoxy) is 1. The van der Waals surface area contributed by atoms with Gasteiger partial charge in [-0.05, 0) is 55.9 Å². The second-order valence-electron chi connectivity index (χ2n) is 6.98. The minimum absolute atomic E-state index is 0.198. The molecule has 1 aromatic heterocycles. The molecule has 2 aromatic rings. The van der Waals surface area contributed by atoms with Crippen LogP contribution in [0.3, 0.4) is 0 Å². The fraction of sp³-hybridized carbons (Fsp3) is 0.500. The van der Waals surface area contributed by atoms with E-state index in [9.17, 15) is 4.79 Å². The van der Waals surface area contributed by atoms with Gasteiger partial charge in [0.1, 0.15) is 5.75 Å². The molecule has 1 aliphatic carbocycles. The smallest absolute Gasteiger partial charge is 0.224 e. The Bertz CT molecular complexity index is 704. The van der Waals surface area contributed by atoms with Gasteiger partial charge in [0.25, 0.3) is 0 Å². The third kappa shape index (κ3) is 4.62. The predicted octanol–water partition coefficient (Wildman–Crippen LogP) is 3.42. The highest BCUT2D eigenvalue weighted by Gasteiger charge is 2.34. The molecular weight excluding hydrogens is 314 g/mol. The van der Waals surface area contributed by atoms with Crippen LogP contribution in [0.2, 0.25) is 0 Å². The van der Waals surface area contributed by atoms with Gasteiger partial charge >= 0.3 is 0 Å².